The predicted molar refractivity (Wildman–Crippen MR) is 115 cm³/mol. The summed E-state index contributed by atoms with van der Waals surface area (Å²) in [6, 6.07) is 18.0. The molecule has 1 saturated heterocycles. The van der Waals surface area contributed by atoms with Gasteiger partial charge in [0.15, 0.2) is 0 Å². The number of amides is 1. The third-order valence-corrected chi connectivity index (χ3v) is 5.58. The van der Waals surface area contributed by atoms with Gasteiger partial charge in [0.05, 0.1) is 16.5 Å². The van der Waals surface area contributed by atoms with Gasteiger partial charge in [0.1, 0.15) is 11.6 Å². The van der Waals surface area contributed by atoms with Gasteiger partial charge in [0, 0.05) is 30.2 Å². The van der Waals surface area contributed by atoms with E-state index in [1.165, 1.54) is 30.3 Å². The van der Waals surface area contributed by atoms with Crippen LogP contribution in [0.15, 0.2) is 72.8 Å². The number of carbonyl (C=O) groups excluding carboxylic acids is 2. The molecule has 0 aromatic heterocycles. The summed E-state index contributed by atoms with van der Waals surface area (Å²) in [6.45, 7) is 2.00. The summed E-state index contributed by atoms with van der Waals surface area (Å²) in [5, 5.41) is 10.9. The summed E-state index contributed by atoms with van der Waals surface area (Å²) in [7, 11) is 0. The van der Waals surface area contributed by atoms with Gasteiger partial charge in [-0.1, -0.05) is 25.1 Å². The number of β-lactam (4-membered cyclic amide) rings is 1. The first-order valence-electron chi connectivity index (χ1n) is 9.97. The Hall–Kier alpha value is -4.07. The second-order valence-corrected chi connectivity index (χ2v) is 7.57. The second kappa shape index (κ2) is 8.58. The van der Waals surface area contributed by atoms with Gasteiger partial charge in [-0.05, 0) is 48.0 Å². The molecule has 1 aliphatic rings. The van der Waals surface area contributed by atoms with Gasteiger partial charge in [-0.3, -0.25) is 14.9 Å². The molecule has 1 heterocycles. The van der Waals surface area contributed by atoms with E-state index in [1.54, 1.807) is 29.2 Å². The first kappa shape index (κ1) is 21.2. The summed E-state index contributed by atoms with van der Waals surface area (Å²) >= 11 is 0. The van der Waals surface area contributed by atoms with Gasteiger partial charge in [0.2, 0.25) is 5.91 Å². The van der Waals surface area contributed by atoms with E-state index in [0.717, 1.165) is 11.6 Å². The molecule has 0 radical (unpaired) electrons. The number of hydrogen-bond donors (Lipinski definition) is 0. The Morgan fingerprint density at radius 3 is 2.44 bits per heavy atom. The Bertz CT molecular complexity index is 1180. The molecular formula is C24H19FN2O5. The van der Waals surface area contributed by atoms with E-state index in [4.69, 9.17) is 4.74 Å². The normalized spacial score (nSPS) is 16.2. The van der Waals surface area contributed by atoms with Gasteiger partial charge in [-0.2, -0.15) is 0 Å². The van der Waals surface area contributed by atoms with Crippen LogP contribution in [0.3, 0.4) is 0 Å². The molecule has 2 atom stereocenters. The minimum absolute atomic E-state index is 0.000669. The fraction of sp³-hybridized carbons (Fsp3) is 0.167. The van der Waals surface area contributed by atoms with Crippen molar-refractivity contribution in [3.63, 3.8) is 0 Å². The van der Waals surface area contributed by atoms with E-state index in [2.05, 4.69) is 0 Å². The Morgan fingerprint density at radius 2 is 1.81 bits per heavy atom. The first-order valence-corrected chi connectivity index (χ1v) is 9.97. The van der Waals surface area contributed by atoms with Gasteiger partial charge >= 0.3 is 5.97 Å². The topological polar surface area (TPSA) is 89.7 Å². The molecule has 3 aromatic carbocycles. The standard InChI is InChI=1S/C24H19FN2O5/c1-15(22-14-23(28)26(22)19-9-7-18(25)8-10-19)16-5-11-21(12-6-16)32-24(29)17-3-2-4-20(13-17)27(30)31/h2-13,15,22H,14H2,1H3/t15-,22?/m1/s1. The van der Waals surface area contributed by atoms with Crippen molar-refractivity contribution in [2.24, 2.45) is 0 Å². The highest BCUT2D eigenvalue weighted by Gasteiger charge is 2.41. The number of nitro groups is 1. The van der Waals surface area contributed by atoms with Gasteiger partial charge in [0.25, 0.3) is 5.69 Å². The summed E-state index contributed by atoms with van der Waals surface area (Å²) in [5.41, 5.74) is 1.50. The summed E-state index contributed by atoms with van der Waals surface area (Å²) in [5.74, 6) is -0.768. The quantitative estimate of drug-likeness (QED) is 0.182. The maximum atomic E-state index is 13.2. The molecule has 0 N–H and O–H groups in total. The fourth-order valence-corrected chi connectivity index (χ4v) is 3.75. The van der Waals surface area contributed by atoms with E-state index in [1.807, 2.05) is 19.1 Å². The van der Waals surface area contributed by atoms with Gasteiger partial charge in [-0.15, -0.1) is 0 Å². The van der Waals surface area contributed by atoms with E-state index < -0.39 is 10.9 Å². The fourth-order valence-electron chi connectivity index (χ4n) is 3.75. The van der Waals surface area contributed by atoms with Crippen LogP contribution in [0, 0.1) is 15.9 Å². The van der Waals surface area contributed by atoms with Gasteiger partial charge < -0.3 is 9.64 Å². The van der Waals surface area contributed by atoms with Crippen molar-refractivity contribution >= 4 is 23.3 Å². The van der Waals surface area contributed by atoms with Crippen molar-refractivity contribution in [3.8, 4) is 5.75 Å². The Kier molecular flexibility index (Phi) is 5.68. The smallest absolute Gasteiger partial charge is 0.343 e. The summed E-state index contributed by atoms with van der Waals surface area (Å²) < 4.78 is 18.5. The lowest BCUT2D eigenvalue weighted by molar-refractivity contribution is -0.384. The van der Waals surface area contributed by atoms with Crippen LogP contribution in [-0.2, 0) is 4.79 Å². The van der Waals surface area contributed by atoms with Crippen molar-refractivity contribution in [2.75, 3.05) is 4.90 Å². The Labute approximate surface area is 183 Å². The minimum Gasteiger partial charge on any atom is -0.423 e. The maximum Gasteiger partial charge on any atom is 0.343 e. The highest BCUT2D eigenvalue weighted by atomic mass is 19.1. The zero-order valence-electron chi connectivity index (χ0n) is 17.1. The molecule has 0 bridgehead atoms. The molecular weight excluding hydrogens is 415 g/mol. The Balaban J connectivity index is 1.44. The number of esters is 1. The van der Waals surface area contributed by atoms with Crippen molar-refractivity contribution < 1.29 is 23.6 Å². The molecule has 0 aliphatic carbocycles. The lowest BCUT2D eigenvalue weighted by Gasteiger charge is -2.44. The average molecular weight is 434 g/mol. The first-order chi connectivity index (χ1) is 15.3. The van der Waals surface area contributed by atoms with Crippen LogP contribution in [0.2, 0.25) is 0 Å². The molecule has 1 fully saturated rings. The van der Waals surface area contributed by atoms with Crippen molar-refractivity contribution in [1.29, 1.82) is 0 Å². The number of anilines is 1. The number of nitro benzene ring substituents is 1. The van der Waals surface area contributed by atoms with E-state index in [0.29, 0.717) is 17.9 Å². The number of ether oxygens (including phenoxy) is 1. The summed E-state index contributed by atoms with van der Waals surface area (Å²) in [4.78, 5) is 36.5. The zero-order chi connectivity index (χ0) is 22.8. The monoisotopic (exact) mass is 434 g/mol. The third kappa shape index (κ3) is 4.20. The predicted octanol–water partition coefficient (Wildman–Crippen LogP) is 4.86. The maximum absolute atomic E-state index is 13.2. The molecule has 0 spiro atoms. The van der Waals surface area contributed by atoms with Crippen LogP contribution in [0.1, 0.15) is 35.2 Å². The van der Waals surface area contributed by atoms with Crippen LogP contribution in [0.25, 0.3) is 0 Å². The molecule has 4 rings (SSSR count). The number of hydrogen-bond acceptors (Lipinski definition) is 5. The van der Waals surface area contributed by atoms with Gasteiger partial charge in [-0.25, -0.2) is 9.18 Å². The van der Waals surface area contributed by atoms with Crippen LogP contribution < -0.4 is 9.64 Å². The van der Waals surface area contributed by atoms with E-state index >= 15 is 0 Å². The molecule has 0 saturated carbocycles. The van der Waals surface area contributed by atoms with Crippen LogP contribution >= 0.6 is 0 Å². The number of benzene rings is 3. The number of halogens is 1. The molecule has 32 heavy (non-hydrogen) atoms. The number of rotatable bonds is 6. The number of non-ortho nitro benzene ring substituents is 1. The van der Waals surface area contributed by atoms with E-state index in [-0.39, 0.29) is 34.9 Å². The lowest BCUT2D eigenvalue weighted by Crippen LogP contribution is -2.55. The van der Waals surface area contributed by atoms with Crippen LogP contribution in [-0.4, -0.2) is 22.8 Å². The molecule has 1 unspecified atom stereocenters. The second-order valence-electron chi connectivity index (χ2n) is 7.57. The zero-order valence-corrected chi connectivity index (χ0v) is 17.1. The van der Waals surface area contributed by atoms with Crippen LogP contribution in [0.4, 0.5) is 15.8 Å². The highest BCUT2D eigenvalue weighted by Crippen LogP contribution is 2.37. The average Bonchev–Trinajstić information content (AvgIpc) is 2.79. The van der Waals surface area contributed by atoms with Crippen molar-refractivity contribution in [2.45, 2.75) is 25.3 Å². The van der Waals surface area contributed by atoms with Crippen molar-refractivity contribution in [1.82, 2.24) is 0 Å². The molecule has 7 nitrogen and oxygen atoms in total. The highest BCUT2D eigenvalue weighted by molar-refractivity contribution is 6.01. The summed E-state index contributed by atoms with van der Waals surface area (Å²) in [6.07, 6.45) is 0.391. The van der Waals surface area contributed by atoms with Crippen LogP contribution in [0.5, 0.6) is 5.75 Å². The molecule has 1 aliphatic heterocycles. The molecule has 162 valence electrons. The Morgan fingerprint density at radius 1 is 1.12 bits per heavy atom. The largest absolute Gasteiger partial charge is 0.423 e. The third-order valence-electron chi connectivity index (χ3n) is 5.58. The number of nitrogens with zero attached hydrogens (tertiary/aromatic N) is 2. The molecule has 3 aromatic rings. The number of carbonyl (C=O) groups is 2. The van der Waals surface area contributed by atoms with Crippen molar-refractivity contribution in [3.05, 3.63) is 99.9 Å². The molecule has 1 amide bonds. The van der Waals surface area contributed by atoms with E-state index in [9.17, 15) is 24.1 Å². The lowest BCUT2D eigenvalue weighted by atomic mass is 9.84. The SMILES string of the molecule is C[C@H](c1ccc(OC(=O)c2cccc([N+](=O)[O-])c2)cc1)C1CC(=O)N1c1ccc(F)cc1. The molecule has 8 heteroatoms. The minimum atomic E-state index is -0.693.